The second kappa shape index (κ2) is 7.23. The largest absolute Gasteiger partial charge is 0.348 e. The first-order valence-corrected chi connectivity index (χ1v) is 7.20. The van der Waals surface area contributed by atoms with Crippen LogP contribution in [0.4, 0.5) is 0 Å². The van der Waals surface area contributed by atoms with Gasteiger partial charge in [-0.25, -0.2) is 0 Å². The van der Waals surface area contributed by atoms with Crippen molar-refractivity contribution in [3.05, 3.63) is 11.9 Å². The van der Waals surface area contributed by atoms with Crippen LogP contribution in [-0.2, 0) is 6.54 Å². The lowest BCUT2D eigenvalue weighted by Crippen LogP contribution is -2.35. The second-order valence-electron chi connectivity index (χ2n) is 5.17. The summed E-state index contributed by atoms with van der Waals surface area (Å²) in [4.78, 5) is 12.1. The van der Waals surface area contributed by atoms with Gasteiger partial charge in [-0.2, -0.15) is 0 Å². The van der Waals surface area contributed by atoms with E-state index in [0.29, 0.717) is 18.8 Å². The van der Waals surface area contributed by atoms with Crippen LogP contribution in [-0.4, -0.2) is 33.5 Å². The molecule has 0 unspecified atom stereocenters. The van der Waals surface area contributed by atoms with E-state index in [9.17, 15) is 4.79 Å². The van der Waals surface area contributed by atoms with Crippen molar-refractivity contribution >= 4 is 5.91 Å². The highest BCUT2D eigenvalue weighted by Gasteiger charge is 2.17. The van der Waals surface area contributed by atoms with Crippen molar-refractivity contribution in [3.8, 4) is 0 Å². The molecule has 106 valence electrons. The lowest BCUT2D eigenvalue weighted by atomic mass is 9.97. The molecule has 1 fully saturated rings. The standard InChI is InChI=1S/C13H23N5O/c14-8-9-18-10-12(16-17-18)13(19)15-11-6-4-2-1-3-5-7-11/h10-11H,1-9,14H2,(H,15,19). The predicted octanol–water partition coefficient (Wildman–Crippen LogP) is 1.08. The van der Waals surface area contributed by atoms with E-state index in [-0.39, 0.29) is 11.9 Å². The summed E-state index contributed by atoms with van der Waals surface area (Å²) in [5.74, 6) is -0.117. The van der Waals surface area contributed by atoms with Crippen LogP contribution < -0.4 is 11.1 Å². The zero-order chi connectivity index (χ0) is 13.5. The van der Waals surface area contributed by atoms with Gasteiger partial charge in [-0.1, -0.05) is 37.3 Å². The van der Waals surface area contributed by atoms with Gasteiger partial charge >= 0.3 is 0 Å². The first-order chi connectivity index (χ1) is 9.29. The molecule has 0 saturated heterocycles. The lowest BCUT2D eigenvalue weighted by molar-refractivity contribution is 0.0925. The summed E-state index contributed by atoms with van der Waals surface area (Å²) in [5, 5.41) is 10.8. The first-order valence-electron chi connectivity index (χ1n) is 7.20. The summed E-state index contributed by atoms with van der Waals surface area (Å²) >= 11 is 0. The van der Waals surface area contributed by atoms with E-state index in [4.69, 9.17) is 5.73 Å². The Morgan fingerprint density at radius 3 is 2.68 bits per heavy atom. The Morgan fingerprint density at radius 1 is 1.32 bits per heavy atom. The minimum absolute atomic E-state index is 0.117. The van der Waals surface area contributed by atoms with Crippen LogP contribution >= 0.6 is 0 Å². The Kier molecular flexibility index (Phi) is 5.32. The number of nitrogens with one attached hydrogen (secondary N) is 1. The Bertz CT molecular complexity index is 395. The summed E-state index contributed by atoms with van der Waals surface area (Å²) in [6.45, 7) is 1.08. The number of nitrogens with two attached hydrogens (primary N) is 1. The molecule has 6 heteroatoms. The van der Waals surface area contributed by atoms with Gasteiger partial charge in [0.05, 0.1) is 12.7 Å². The van der Waals surface area contributed by atoms with E-state index in [2.05, 4.69) is 15.6 Å². The zero-order valence-corrected chi connectivity index (χ0v) is 11.3. The molecular formula is C13H23N5O. The van der Waals surface area contributed by atoms with Crippen LogP contribution in [0.1, 0.15) is 55.4 Å². The van der Waals surface area contributed by atoms with Crippen LogP contribution in [0.3, 0.4) is 0 Å². The summed E-state index contributed by atoms with van der Waals surface area (Å²) in [6.07, 6.45) is 10.1. The SMILES string of the molecule is NCCn1cc(C(=O)NC2CCCCCCC2)nn1. The van der Waals surface area contributed by atoms with Gasteiger partial charge in [0.2, 0.25) is 0 Å². The molecule has 19 heavy (non-hydrogen) atoms. The normalized spacial score (nSPS) is 17.7. The number of carbonyl (C=O) groups is 1. The van der Waals surface area contributed by atoms with Gasteiger partial charge in [-0.15, -0.1) is 5.10 Å². The average Bonchev–Trinajstić information content (AvgIpc) is 2.81. The lowest BCUT2D eigenvalue weighted by Gasteiger charge is -2.20. The topological polar surface area (TPSA) is 85.8 Å². The maximum atomic E-state index is 12.1. The first kappa shape index (κ1) is 14.0. The summed E-state index contributed by atoms with van der Waals surface area (Å²) in [7, 11) is 0. The van der Waals surface area contributed by atoms with Crippen LogP contribution in [0.5, 0.6) is 0 Å². The summed E-state index contributed by atoms with van der Waals surface area (Å²) in [5.41, 5.74) is 5.82. The molecule has 1 saturated carbocycles. The third kappa shape index (κ3) is 4.31. The van der Waals surface area contributed by atoms with Crippen molar-refractivity contribution in [2.75, 3.05) is 6.54 Å². The van der Waals surface area contributed by atoms with Crippen LogP contribution in [0.25, 0.3) is 0 Å². The fourth-order valence-electron chi connectivity index (χ4n) is 2.50. The van der Waals surface area contributed by atoms with Crippen molar-refractivity contribution in [2.24, 2.45) is 5.73 Å². The number of nitrogens with zero attached hydrogens (tertiary/aromatic N) is 3. The highest BCUT2D eigenvalue weighted by Crippen LogP contribution is 2.17. The molecule has 1 aromatic heterocycles. The maximum absolute atomic E-state index is 12.1. The van der Waals surface area contributed by atoms with Gasteiger partial charge in [0.1, 0.15) is 0 Å². The number of rotatable bonds is 4. The van der Waals surface area contributed by atoms with Crippen LogP contribution in [0, 0.1) is 0 Å². The van der Waals surface area contributed by atoms with Crippen molar-refractivity contribution < 1.29 is 4.79 Å². The molecule has 0 spiro atoms. The quantitative estimate of drug-likeness (QED) is 0.853. The number of hydrogen-bond acceptors (Lipinski definition) is 4. The predicted molar refractivity (Wildman–Crippen MR) is 72.6 cm³/mol. The number of carbonyl (C=O) groups excluding carboxylic acids is 1. The third-order valence-corrected chi connectivity index (χ3v) is 3.57. The molecule has 1 aliphatic rings. The van der Waals surface area contributed by atoms with Gasteiger partial charge in [0.25, 0.3) is 5.91 Å². The van der Waals surface area contributed by atoms with Crippen LogP contribution in [0.2, 0.25) is 0 Å². The average molecular weight is 265 g/mol. The molecule has 0 atom stereocenters. The minimum atomic E-state index is -0.117. The molecule has 0 aliphatic heterocycles. The fraction of sp³-hybridized carbons (Fsp3) is 0.769. The molecule has 6 nitrogen and oxygen atoms in total. The smallest absolute Gasteiger partial charge is 0.273 e. The van der Waals surface area contributed by atoms with Gasteiger partial charge in [-0.05, 0) is 12.8 Å². The second-order valence-corrected chi connectivity index (χ2v) is 5.17. The fourth-order valence-corrected chi connectivity index (χ4v) is 2.50. The minimum Gasteiger partial charge on any atom is -0.348 e. The molecule has 2 rings (SSSR count). The molecule has 0 radical (unpaired) electrons. The molecule has 1 aromatic rings. The van der Waals surface area contributed by atoms with Crippen molar-refractivity contribution in [2.45, 2.75) is 57.5 Å². The highest BCUT2D eigenvalue weighted by atomic mass is 16.2. The molecule has 0 aromatic carbocycles. The molecule has 1 amide bonds. The molecule has 0 bridgehead atoms. The highest BCUT2D eigenvalue weighted by molar-refractivity contribution is 5.92. The third-order valence-electron chi connectivity index (χ3n) is 3.57. The molecule has 1 heterocycles. The number of aromatic nitrogens is 3. The van der Waals surface area contributed by atoms with E-state index in [0.717, 1.165) is 12.8 Å². The maximum Gasteiger partial charge on any atom is 0.273 e. The van der Waals surface area contributed by atoms with E-state index in [1.54, 1.807) is 10.9 Å². The van der Waals surface area contributed by atoms with Crippen molar-refractivity contribution in [1.82, 2.24) is 20.3 Å². The summed E-state index contributed by atoms with van der Waals surface area (Å²) < 4.78 is 1.60. The summed E-state index contributed by atoms with van der Waals surface area (Å²) in [6, 6.07) is 0.285. The Hall–Kier alpha value is -1.43. The van der Waals surface area contributed by atoms with E-state index >= 15 is 0 Å². The molecular weight excluding hydrogens is 242 g/mol. The number of amides is 1. The number of hydrogen-bond donors (Lipinski definition) is 2. The van der Waals surface area contributed by atoms with Gasteiger partial charge < -0.3 is 11.1 Å². The van der Waals surface area contributed by atoms with E-state index < -0.39 is 0 Å². The van der Waals surface area contributed by atoms with Crippen molar-refractivity contribution in [3.63, 3.8) is 0 Å². The zero-order valence-electron chi connectivity index (χ0n) is 11.3. The van der Waals surface area contributed by atoms with E-state index in [1.807, 2.05) is 0 Å². The Labute approximate surface area is 113 Å². The van der Waals surface area contributed by atoms with Crippen LogP contribution in [0.15, 0.2) is 6.20 Å². The van der Waals surface area contributed by atoms with Gasteiger partial charge in [0.15, 0.2) is 5.69 Å². The Morgan fingerprint density at radius 2 is 2.00 bits per heavy atom. The van der Waals surface area contributed by atoms with Crippen molar-refractivity contribution in [1.29, 1.82) is 0 Å². The molecule has 1 aliphatic carbocycles. The van der Waals surface area contributed by atoms with E-state index in [1.165, 1.54) is 32.1 Å². The molecule has 3 N–H and O–H groups in total. The monoisotopic (exact) mass is 265 g/mol. The Balaban J connectivity index is 1.87. The van der Waals surface area contributed by atoms with Gasteiger partial charge in [0, 0.05) is 12.6 Å². The van der Waals surface area contributed by atoms with Gasteiger partial charge in [-0.3, -0.25) is 9.48 Å².